The van der Waals surface area contributed by atoms with Crippen molar-refractivity contribution in [2.24, 2.45) is 0 Å². The maximum absolute atomic E-state index is 5.81. The average molecular weight is 362 g/mol. The second kappa shape index (κ2) is 4.85. The lowest BCUT2D eigenvalue weighted by atomic mass is 10.2. The molecule has 2 aromatic carbocycles. The number of rotatable bonds is 2. The molecule has 96 valence electrons. The highest BCUT2D eigenvalue weighted by atomic mass is 125. The van der Waals surface area contributed by atoms with E-state index in [1.807, 2.05) is 44.4 Å². The smallest absolute Gasteiger partial charge is 0.227 e. The molecule has 3 nitrogen and oxygen atoms in total. The Morgan fingerprint density at radius 2 is 1.79 bits per heavy atom. The Morgan fingerprint density at radius 3 is 2.47 bits per heavy atom. The van der Waals surface area contributed by atoms with E-state index >= 15 is 0 Å². The van der Waals surface area contributed by atoms with Crippen molar-refractivity contribution in [3.63, 3.8) is 0 Å². The van der Waals surface area contributed by atoms with Crippen LogP contribution in [0, 0.1) is 3.57 Å². The first-order chi connectivity index (χ1) is 9.13. The van der Waals surface area contributed by atoms with Gasteiger partial charge in [0.25, 0.3) is 0 Å². The van der Waals surface area contributed by atoms with Gasteiger partial charge in [0.2, 0.25) is 5.89 Å². The average Bonchev–Trinajstić information content (AvgIpc) is 2.81. The quantitative estimate of drug-likeness (QED) is 0.641. The number of fused-ring (bicyclic) bond motifs is 1. The number of hydrogen-bond donors (Lipinski definition) is 0. The van der Waals surface area contributed by atoms with Gasteiger partial charge in [0.1, 0.15) is 5.52 Å². The first-order valence-corrected chi connectivity index (χ1v) is 7.05. The molecule has 1 heterocycles. The molecule has 3 rings (SSSR count). The Balaban J connectivity index is 2.03. The molecule has 0 saturated heterocycles. The summed E-state index contributed by atoms with van der Waals surface area (Å²) in [7, 11) is 4.05. The largest absolute Gasteiger partial charge is 0.436 e. The van der Waals surface area contributed by atoms with Gasteiger partial charge >= 0.3 is 0 Å². The second-order valence-corrected chi connectivity index (χ2v) is 5.82. The van der Waals surface area contributed by atoms with Crippen LogP contribution in [0.1, 0.15) is 0 Å². The summed E-state index contributed by atoms with van der Waals surface area (Å²) in [4.78, 5) is 6.58. The maximum atomic E-state index is 5.81. The standard InChI is InChI=1S/C15H13IN2O/c1-18(2)12-6-3-10(4-7-12)15-17-13-8-5-11(16)9-14(13)19-15/h3-9H,1-2H3/i16-2. The highest BCUT2D eigenvalue weighted by molar-refractivity contribution is 14.1. The molecular formula is C15H13IN2O. The van der Waals surface area contributed by atoms with Crippen molar-refractivity contribution >= 4 is 39.4 Å². The van der Waals surface area contributed by atoms with Crippen LogP contribution >= 0.6 is 22.6 Å². The van der Waals surface area contributed by atoms with Gasteiger partial charge in [-0.3, -0.25) is 0 Å². The fourth-order valence-electron chi connectivity index (χ4n) is 1.92. The molecule has 0 unspecified atom stereocenters. The van der Waals surface area contributed by atoms with E-state index in [1.165, 1.54) is 0 Å². The first-order valence-electron chi connectivity index (χ1n) is 5.97. The summed E-state index contributed by atoms with van der Waals surface area (Å²) in [5.41, 5.74) is 3.89. The minimum atomic E-state index is 0.669. The molecule has 3 aromatic rings. The Bertz CT molecular complexity index is 717. The summed E-state index contributed by atoms with van der Waals surface area (Å²) < 4.78 is 6.95. The van der Waals surface area contributed by atoms with Gasteiger partial charge in [-0.25, -0.2) is 4.98 Å². The molecule has 0 aliphatic carbocycles. The van der Waals surface area contributed by atoms with Crippen molar-refractivity contribution in [2.75, 3.05) is 19.0 Å². The molecule has 4 heteroatoms. The summed E-state index contributed by atoms with van der Waals surface area (Å²) in [6.45, 7) is 0. The molecule has 0 aliphatic rings. The number of halogens is 1. The van der Waals surface area contributed by atoms with E-state index in [1.54, 1.807) is 0 Å². The van der Waals surface area contributed by atoms with E-state index in [0.29, 0.717) is 5.89 Å². The van der Waals surface area contributed by atoms with Crippen molar-refractivity contribution in [1.29, 1.82) is 0 Å². The van der Waals surface area contributed by atoms with Gasteiger partial charge in [-0.15, -0.1) is 0 Å². The number of aromatic nitrogens is 1. The van der Waals surface area contributed by atoms with Crippen molar-refractivity contribution in [3.05, 3.63) is 46.0 Å². The zero-order chi connectivity index (χ0) is 13.4. The molecule has 19 heavy (non-hydrogen) atoms. The van der Waals surface area contributed by atoms with E-state index in [0.717, 1.165) is 25.9 Å². The fraction of sp³-hybridized carbons (Fsp3) is 0.133. The van der Waals surface area contributed by atoms with E-state index < -0.39 is 0 Å². The van der Waals surface area contributed by atoms with Crippen molar-refractivity contribution in [1.82, 2.24) is 4.98 Å². The van der Waals surface area contributed by atoms with Gasteiger partial charge in [-0.1, -0.05) is 0 Å². The molecule has 1 aromatic heterocycles. The lowest BCUT2D eigenvalue weighted by Crippen LogP contribution is -2.07. The zero-order valence-corrected chi connectivity index (χ0v) is 12.9. The third kappa shape index (κ3) is 2.45. The Kier molecular flexibility index (Phi) is 3.18. The van der Waals surface area contributed by atoms with Gasteiger partial charge in [0.05, 0.1) is 0 Å². The van der Waals surface area contributed by atoms with Crippen LogP contribution in [0.15, 0.2) is 46.9 Å². The van der Waals surface area contributed by atoms with E-state index in [4.69, 9.17) is 4.42 Å². The van der Waals surface area contributed by atoms with Crippen LogP contribution in [0.2, 0.25) is 0 Å². The molecule has 0 bridgehead atoms. The summed E-state index contributed by atoms with van der Waals surface area (Å²) in [5.74, 6) is 0.669. The third-order valence-electron chi connectivity index (χ3n) is 2.98. The zero-order valence-electron chi connectivity index (χ0n) is 10.7. The molecule has 0 atom stereocenters. The second-order valence-electron chi connectivity index (χ2n) is 4.57. The predicted octanol–water partition coefficient (Wildman–Crippen LogP) is 4.17. The van der Waals surface area contributed by atoms with Crippen LogP contribution in [-0.2, 0) is 0 Å². The van der Waals surface area contributed by atoms with Crippen molar-refractivity contribution < 1.29 is 4.42 Å². The lowest BCUT2D eigenvalue weighted by Gasteiger charge is -2.11. The normalized spacial score (nSPS) is 10.9. The van der Waals surface area contributed by atoms with Gasteiger partial charge in [-0.05, 0) is 65.1 Å². The molecule has 0 saturated carbocycles. The summed E-state index contributed by atoms with van der Waals surface area (Å²) in [5, 5.41) is 0. The van der Waals surface area contributed by atoms with Crippen LogP contribution in [0.3, 0.4) is 0 Å². The van der Waals surface area contributed by atoms with E-state index in [-0.39, 0.29) is 0 Å². The van der Waals surface area contributed by atoms with Crippen LogP contribution in [0.5, 0.6) is 0 Å². The topological polar surface area (TPSA) is 29.3 Å². The SMILES string of the molecule is CN(C)c1ccc(-c2nc3ccc([125I])cc3o2)cc1. The number of hydrogen-bond acceptors (Lipinski definition) is 3. The summed E-state index contributed by atoms with van der Waals surface area (Å²) >= 11 is 2.27. The van der Waals surface area contributed by atoms with Crippen LogP contribution < -0.4 is 4.90 Å². The van der Waals surface area contributed by atoms with Crippen LogP contribution in [0.4, 0.5) is 5.69 Å². The molecule has 0 radical (unpaired) electrons. The number of anilines is 1. The lowest BCUT2D eigenvalue weighted by molar-refractivity contribution is 0.619. The Labute approximate surface area is 125 Å². The number of benzene rings is 2. The number of nitrogens with zero attached hydrogens (tertiary/aromatic N) is 2. The van der Waals surface area contributed by atoms with Crippen molar-refractivity contribution in [2.45, 2.75) is 0 Å². The van der Waals surface area contributed by atoms with E-state index in [2.05, 4.69) is 44.6 Å². The molecular weight excluding hydrogens is 349 g/mol. The van der Waals surface area contributed by atoms with Crippen molar-refractivity contribution in [3.8, 4) is 11.5 Å². The van der Waals surface area contributed by atoms with Gasteiger partial charge in [0, 0.05) is 28.9 Å². The molecule has 0 fully saturated rings. The first kappa shape index (κ1) is 12.5. The summed E-state index contributed by atoms with van der Waals surface area (Å²) in [6.07, 6.45) is 0. The van der Waals surface area contributed by atoms with Gasteiger partial charge in [-0.2, -0.15) is 0 Å². The molecule has 0 spiro atoms. The fourth-order valence-corrected chi connectivity index (χ4v) is 2.39. The number of oxazole rings is 1. The van der Waals surface area contributed by atoms with E-state index in [9.17, 15) is 0 Å². The molecule has 0 amide bonds. The maximum Gasteiger partial charge on any atom is 0.227 e. The highest BCUT2D eigenvalue weighted by Crippen LogP contribution is 2.26. The molecule has 0 aliphatic heterocycles. The van der Waals surface area contributed by atoms with Gasteiger partial charge in [0.15, 0.2) is 5.58 Å². The van der Waals surface area contributed by atoms with Crippen LogP contribution in [-0.4, -0.2) is 19.1 Å². The monoisotopic (exact) mass is 362 g/mol. The Morgan fingerprint density at radius 1 is 1.05 bits per heavy atom. The summed E-state index contributed by atoms with van der Waals surface area (Å²) in [6, 6.07) is 14.2. The Hall–Kier alpha value is -1.56. The minimum Gasteiger partial charge on any atom is -0.436 e. The highest BCUT2D eigenvalue weighted by Gasteiger charge is 2.08. The third-order valence-corrected chi connectivity index (χ3v) is 3.65. The minimum absolute atomic E-state index is 0.669. The molecule has 0 N–H and O–H groups in total. The van der Waals surface area contributed by atoms with Gasteiger partial charge < -0.3 is 9.32 Å². The predicted molar refractivity (Wildman–Crippen MR) is 86.5 cm³/mol. The van der Waals surface area contributed by atoms with Crippen LogP contribution in [0.25, 0.3) is 22.6 Å².